The highest BCUT2D eigenvalue weighted by Gasteiger charge is 2.41. The van der Waals surface area contributed by atoms with Gasteiger partial charge in [0.2, 0.25) is 5.91 Å². The molecule has 1 atom stereocenters. The lowest BCUT2D eigenvalue weighted by Gasteiger charge is -2.32. The number of halogens is 3. The molecule has 1 unspecified atom stereocenters. The zero-order chi connectivity index (χ0) is 17.2. The summed E-state index contributed by atoms with van der Waals surface area (Å²) in [7, 11) is 0. The predicted octanol–water partition coefficient (Wildman–Crippen LogP) is 3.86. The molecule has 0 aromatic heterocycles. The Kier molecular flexibility index (Phi) is 4.85. The molecule has 1 aromatic carbocycles. The average molecular weight is 341 g/mol. The Morgan fingerprint density at radius 1 is 1.21 bits per heavy atom. The SMILES string of the molecule is O=C(Cc1ccccc1C(F)(F)F)NC1COC2(CCCCC2)C1. The first-order valence-electron chi connectivity index (χ1n) is 8.46. The predicted molar refractivity (Wildman–Crippen MR) is 83.5 cm³/mol. The summed E-state index contributed by atoms with van der Waals surface area (Å²) in [6.07, 6.45) is 1.57. The number of nitrogens with one attached hydrogen (secondary N) is 1. The summed E-state index contributed by atoms with van der Waals surface area (Å²) in [5, 5.41) is 2.85. The van der Waals surface area contributed by atoms with Gasteiger partial charge in [0, 0.05) is 0 Å². The van der Waals surface area contributed by atoms with Gasteiger partial charge >= 0.3 is 6.18 Å². The van der Waals surface area contributed by atoms with Gasteiger partial charge in [-0.3, -0.25) is 4.79 Å². The van der Waals surface area contributed by atoms with Gasteiger partial charge in [-0.2, -0.15) is 13.2 Å². The molecule has 1 saturated carbocycles. The van der Waals surface area contributed by atoms with Crippen molar-refractivity contribution in [3.05, 3.63) is 35.4 Å². The van der Waals surface area contributed by atoms with Crippen molar-refractivity contribution >= 4 is 5.91 Å². The van der Waals surface area contributed by atoms with E-state index in [0.29, 0.717) is 6.61 Å². The summed E-state index contributed by atoms with van der Waals surface area (Å²) in [6.45, 7) is 0.451. The Labute approximate surface area is 139 Å². The van der Waals surface area contributed by atoms with Gasteiger partial charge in [-0.15, -0.1) is 0 Å². The van der Waals surface area contributed by atoms with Crippen molar-refractivity contribution < 1.29 is 22.7 Å². The van der Waals surface area contributed by atoms with Crippen molar-refractivity contribution in [3.63, 3.8) is 0 Å². The van der Waals surface area contributed by atoms with Crippen molar-refractivity contribution in [1.29, 1.82) is 0 Å². The van der Waals surface area contributed by atoms with E-state index < -0.39 is 11.7 Å². The Morgan fingerprint density at radius 3 is 2.62 bits per heavy atom. The average Bonchev–Trinajstić information content (AvgIpc) is 2.89. The normalized spacial score (nSPS) is 23.4. The summed E-state index contributed by atoms with van der Waals surface area (Å²) in [6, 6.07) is 5.12. The monoisotopic (exact) mass is 341 g/mol. The van der Waals surface area contributed by atoms with Gasteiger partial charge in [0.05, 0.1) is 30.2 Å². The van der Waals surface area contributed by atoms with E-state index in [1.54, 1.807) is 0 Å². The molecular weight excluding hydrogens is 319 g/mol. The first-order valence-corrected chi connectivity index (χ1v) is 8.46. The molecule has 2 aliphatic rings. The van der Waals surface area contributed by atoms with Crippen LogP contribution >= 0.6 is 0 Å². The van der Waals surface area contributed by atoms with Crippen LogP contribution in [0.5, 0.6) is 0 Å². The van der Waals surface area contributed by atoms with Crippen LogP contribution < -0.4 is 5.32 Å². The smallest absolute Gasteiger partial charge is 0.373 e. The third-order valence-corrected chi connectivity index (χ3v) is 5.01. The summed E-state index contributed by atoms with van der Waals surface area (Å²) in [5.74, 6) is -0.381. The van der Waals surface area contributed by atoms with Gasteiger partial charge in [0.25, 0.3) is 0 Å². The lowest BCUT2D eigenvalue weighted by Crippen LogP contribution is -2.38. The van der Waals surface area contributed by atoms with Crippen molar-refractivity contribution in [1.82, 2.24) is 5.32 Å². The lowest BCUT2D eigenvalue weighted by atomic mass is 9.82. The van der Waals surface area contributed by atoms with Crippen molar-refractivity contribution in [3.8, 4) is 0 Å². The minimum Gasteiger partial charge on any atom is -0.373 e. The number of hydrogen-bond acceptors (Lipinski definition) is 2. The van der Waals surface area contributed by atoms with E-state index in [4.69, 9.17) is 4.74 Å². The quantitative estimate of drug-likeness (QED) is 0.907. The van der Waals surface area contributed by atoms with E-state index in [1.807, 2.05) is 0 Å². The Morgan fingerprint density at radius 2 is 1.92 bits per heavy atom. The largest absolute Gasteiger partial charge is 0.416 e. The Bertz CT molecular complexity index is 594. The van der Waals surface area contributed by atoms with Crippen LogP contribution in [0.1, 0.15) is 49.7 Å². The maximum atomic E-state index is 13.0. The van der Waals surface area contributed by atoms with Crippen LogP contribution in [0.4, 0.5) is 13.2 Å². The molecule has 24 heavy (non-hydrogen) atoms. The van der Waals surface area contributed by atoms with Gasteiger partial charge in [-0.05, 0) is 30.9 Å². The molecule has 1 aromatic rings. The van der Waals surface area contributed by atoms with Gasteiger partial charge < -0.3 is 10.1 Å². The molecule has 1 N–H and O–H groups in total. The number of carbonyl (C=O) groups excluding carboxylic acids is 1. The topological polar surface area (TPSA) is 38.3 Å². The summed E-state index contributed by atoms with van der Waals surface area (Å²) in [5.41, 5.74) is -0.861. The Hall–Kier alpha value is -1.56. The fourth-order valence-electron chi connectivity index (χ4n) is 3.88. The standard InChI is InChI=1S/C18H22F3NO2/c19-18(20,21)15-7-3-2-6-13(15)10-16(23)22-14-11-17(24-12-14)8-4-1-5-9-17/h2-3,6-7,14H,1,4-5,8-12H2,(H,22,23). The van der Waals surface area contributed by atoms with E-state index in [9.17, 15) is 18.0 Å². The van der Waals surface area contributed by atoms with E-state index in [-0.39, 0.29) is 29.5 Å². The van der Waals surface area contributed by atoms with E-state index in [0.717, 1.165) is 38.2 Å². The fourth-order valence-corrected chi connectivity index (χ4v) is 3.88. The molecule has 1 aliphatic carbocycles. The first-order chi connectivity index (χ1) is 11.4. The maximum absolute atomic E-state index is 13.0. The highest BCUT2D eigenvalue weighted by atomic mass is 19.4. The lowest BCUT2D eigenvalue weighted by molar-refractivity contribution is -0.138. The zero-order valence-electron chi connectivity index (χ0n) is 13.5. The number of hydrogen-bond donors (Lipinski definition) is 1. The molecule has 1 saturated heterocycles. The van der Waals surface area contributed by atoms with Crippen LogP contribution in [-0.2, 0) is 22.1 Å². The van der Waals surface area contributed by atoms with Gasteiger partial charge in [-0.1, -0.05) is 37.5 Å². The fraction of sp³-hybridized carbons (Fsp3) is 0.611. The highest BCUT2D eigenvalue weighted by Crippen LogP contribution is 2.39. The minimum atomic E-state index is -4.44. The summed E-state index contributed by atoms with van der Waals surface area (Å²) >= 11 is 0. The molecule has 2 fully saturated rings. The van der Waals surface area contributed by atoms with Crippen molar-refractivity contribution in [2.45, 2.75) is 62.8 Å². The highest BCUT2D eigenvalue weighted by molar-refractivity contribution is 5.79. The maximum Gasteiger partial charge on any atom is 0.416 e. The molecule has 0 bridgehead atoms. The van der Waals surface area contributed by atoms with Crippen LogP contribution in [0.15, 0.2) is 24.3 Å². The van der Waals surface area contributed by atoms with Gasteiger partial charge in [0.1, 0.15) is 0 Å². The third-order valence-electron chi connectivity index (χ3n) is 5.01. The molecule has 1 spiro atoms. The molecule has 3 rings (SSSR count). The second-order valence-electron chi connectivity index (χ2n) is 6.85. The van der Waals surface area contributed by atoms with Crippen molar-refractivity contribution in [2.24, 2.45) is 0 Å². The number of rotatable bonds is 3. The molecule has 1 amide bonds. The van der Waals surface area contributed by atoms with E-state index in [1.165, 1.54) is 24.6 Å². The Balaban J connectivity index is 1.59. The molecule has 6 heteroatoms. The van der Waals surface area contributed by atoms with Crippen LogP contribution in [-0.4, -0.2) is 24.2 Å². The number of carbonyl (C=O) groups is 1. The molecule has 3 nitrogen and oxygen atoms in total. The molecule has 1 heterocycles. The van der Waals surface area contributed by atoms with Gasteiger partial charge in [-0.25, -0.2) is 0 Å². The molecular formula is C18H22F3NO2. The van der Waals surface area contributed by atoms with Crippen LogP contribution in [0.25, 0.3) is 0 Å². The third kappa shape index (κ3) is 3.91. The summed E-state index contributed by atoms with van der Waals surface area (Å²) < 4.78 is 44.9. The molecule has 0 radical (unpaired) electrons. The van der Waals surface area contributed by atoms with Crippen LogP contribution in [0.3, 0.4) is 0 Å². The number of alkyl halides is 3. The second kappa shape index (κ2) is 6.75. The molecule has 132 valence electrons. The minimum absolute atomic E-state index is 0.00814. The van der Waals surface area contributed by atoms with E-state index >= 15 is 0 Å². The van der Waals surface area contributed by atoms with E-state index in [2.05, 4.69) is 5.32 Å². The van der Waals surface area contributed by atoms with Crippen LogP contribution in [0, 0.1) is 0 Å². The van der Waals surface area contributed by atoms with Crippen molar-refractivity contribution in [2.75, 3.05) is 6.61 Å². The zero-order valence-corrected chi connectivity index (χ0v) is 13.5. The number of ether oxygens (including phenoxy) is 1. The summed E-state index contributed by atoms with van der Waals surface area (Å²) in [4.78, 5) is 12.2. The first kappa shape index (κ1) is 17.3. The number of benzene rings is 1. The second-order valence-corrected chi connectivity index (χ2v) is 6.85. The van der Waals surface area contributed by atoms with Gasteiger partial charge in [0.15, 0.2) is 0 Å². The number of amides is 1. The molecule has 1 aliphatic heterocycles. The van der Waals surface area contributed by atoms with Crippen LogP contribution in [0.2, 0.25) is 0 Å².